The summed E-state index contributed by atoms with van der Waals surface area (Å²) in [6.07, 6.45) is 1.49. The molecule has 6 heteroatoms. The second kappa shape index (κ2) is 4.67. The molecule has 0 aliphatic heterocycles. The van der Waals surface area contributed by atoms with Crippen LogP contribution in [0.5, 0.6) is 0 Å². The predicted octanol–water partition coefficient (Wildman–Crippen LogP) is 2.21. The number of rotatable bonds is 4. The van der Waals surface area contributed by atoms with Gasteiger partial charge in [-0.05, 0) is 25.3 Å². The van der Waals surface area contributed by atoms with Crippen molar-refractivity contribution < 1.29 is 9.90 Å². The molecule has 17 heavy (non-hydrogen) atoms. The van der Waals surface area contributed by atoms with E-state index in [1.165, 1.54) is 17.7 Å². The molecule has 0 radical (unpaired) electrons. The average molecular weight is 251 g/mol. The molecule has 2 N–H and O–H groups in total. The van der Waals surface area contributed by atoms with Crippen molar-refractivity contribution in [3.05, 3.63) is 17.8 Å². The fourth-order valence-electron chi connectivity index (χ4n) is 1.46. The number of carbonyl (C=O) groups is 1. The van der Waals surface area contributed by atoms with E-state index in [1.54, 1.807) is 6.92 Å². The van der Waals surface area contributed by atoms with Gasteiger partial charge in [0.05, 0.1) is 11.3 Å². The van der Waals surface area contributed by atoms with Crippen LogP contribution < -0.4 is 5.32 Å². The van der Waals surface area contributed by atoms with E-state index in [0.717, 1.165) is 10.2 Å². The normalized spacial score (nSPS) is 14.5. The summed E-state index contributed by atoms with van der Waals surface area (Å²) in [4.78, 5) is 20.1. The quantitative estimate of drug-likeness (QED) is 0.871. The topological polar surface area (TPSA) is 75.1 Å². The zero-order chi connectivity index (χ0) is 12.4. The first-order valence-electron chi connectivity index (χ1n) is 5.27. The number of carboxylic acids is 1. The van der Waals surface area contributed by atoms with Gasteiger partial charge in [0.2, 0.25) is 0 Å². The van der Waals surface area contributed by atoms with Gasteiger partial charge in [0, 0.05) is 6.04 Å². The molecule has 0 fully saturated rings. The van der Waals surface area contributed by atoms with E-state index in [4.69, 9.17) is 5.11 Å². The minimum atomic E-state index is -0.819. The summed E-state index contributed by atoms with van der Waals surface area (Å²) in [5, 5.41) is 14.9. The standard InChI is InChI=1S/C11H13N3O2S/c1-6(11(15)16)7(2)14-9-8-3-4-17-10(8)13-5-12-9/h3-7H,1-2H3,(H,15,16)(H,12,13,14). The highest BCUT2D eigenvalue weighted by Crippen LogP contribution is 2.24. The summed E-state index contributed by atoms with van der Waals surface area (Å²) in [5.74, 6) is -0.601. The third kappa shape index (κ3) is 2.36. The number of fused-ring (bicyclic) bond motifs is 1. The van der Waals surface area contributed by atoms with Gasteiger partial charge < -0.3 is 10.4 Å². The predicted molar refractivity (Wildman–Crippen MR) is 67.3 cm³/mol. The molecular formula is C11H13N3O2S. The second-order valence-electron chi connectivity index (χ2n) is 3.92. The first-order chi connectivity index (χ1) is 8.09. The van der Waals surface area contributed by atoms with Gasteiger partial charge in [-0.25, -0.2) is 9.97 Å². The lowest BCUT2D eigenvalue weighted by Gasteiger charge is -2.18. The summed E-state index contributed by atoms with van der Waals surface area (Å²) < 4.78 is 0. The summed E-state index contributed by atoms with van der Waals surface area (Å²) in [6.45, 7) is 3.51. The van der Waals surface area contributed by atoms with Crippen LogP contribution in [0.15, 0.2) is 17.8 Å². The Bertz CT molecular complexity index is 540. The molecule has 0 saturated heterocycles. The highest BCUT2D eigenvalue weighted by atomic mass is 32.1. The van der Waals surface area contributed by atoms with Crippen molar-refractivity contribution in [2.24, 2.45) is 5.92 Å². The van der Waals surface area contributed by atoms with Gasteiger partial charge in [0.15, 0.2) is 0 Å². The van der Waals surface area contributed by atoms with E-state index in [-0.39, 0.29) is 6.04 Å². The van der Waals surface area contributed by atoms with Gasteiger partial charge in [0.1, 0.15) is 17.0 Å². The first kappa shape index (κ1) is 11.8. The van der Waals surface area contributed by atoms with Crippen LogP contribution in [0.25, 0.3) is 10.2 Å². The van der Waals surface area contributed by atoms with Gasteiger partial charge in [-0.2, -0.15) is 0 Å². The largest absolute Gasteiger partial charge is 0.481 e. The Labute approximate surface area is 103 Å². The Morgan fingerprint density at radius 3 is 2.94 bits per heavy atom. The molecule has 2 aromatic heterocycles. The van der Waals surface area contributed by atoms with E-state index >= 15 is 0 Å². The number of aromatic nitrogens is 2. The smallest absolute Gasteiger partial charge is 0.308 e. The van der Waals surface area contributed by atoms with Crippen LogP contribution in [-0.2, 0) is 4.79 Å². The molecule has 2 unspecified atom stereocenters. The number of nitrogens with zero attached hydrogens (tertiary/aromatic N) is 2. The molecule has 0 aromatic carbocycles. The maximum Gasteiger partial charge on any atom is 0.308 e. The molecule has 2 rings (SSSR count). The Morgan fingerprint density at radius 1 is 1.47 bits per heavy atom. The molecule has 0 spiro atoms. The summed E-state index contributed by atoms with van der Waals surface area (Å²) in [5.41, 5.74) is 0. The van der Waals surface area contributed by atoms with Gasteiger partial charge in [-0.15, -0.1) is 11.3 Å². The third-order valence-electron chi connectivity index (χ3n) is 2.77. The lowest BCUT2D eigenvalue weighted by Crippen LogP contribution is -2.30. The van der Waals surface area contributed by atoms with Crippen molar-refractivity contribution in [3.63, 3.8) is 0 Å². The Balaban J connectivity index is 2.23. The lowest BCUT2D eigenvalue weighted by molar-refractivity contribution is -0.141. The SMILES string of the molecule is CC(Nc1ncnc2sccc12)C(C)C(=O)O. The van der Waals surface area contributed by atoms with Gasteiger partial charge in [-0.3, -0.25) is 4.79 Å². The summed E-state index contributed by atoms with van der Waals surface area (Å²) in [7, 11) is 0. The number of hydrogen-bond donors (Lipinski definition) is 2. The van der Waals surface area contributed by atoms with Crippen LogP contribution in [-0.4, -0.2) is 27.1 Å². The van der Waals surface area contributed by atoms with Gasteiger partial charge in [0.25, 0.3) is 0 Å². The molecule has 2 aromatic rings. The lowest BCUT2D eigenvalue weighted by atomic mass is 10.0. The van der Waals surface area contributed by atoms with Crippen LogP contribution in [0, 0.1) is 5.92 Å². The molecule has 0 amide bonds. The van der Waals surface area contributed by atoms with Crippen LogP contribution in [0.1, 0.15) is 13.8 Å². The van der Waals surface area contributed by atoms with E-state index in [9.17, 15) is 4.79 Å². The monoisotopic (exact) mass is 251 g/mol. The zero-order valence-electron chi connectivity index (χ0n) is 9.54. The molecule has 0 aliphatic rings. The Kier molecular flexibility index (Phi) is 3.23. The molecule has 5 nitrogen and oxygen atoms in total. The minimum Gasteiger partial charge on any atom is -0.481 e. The number of carboxylic acid groups (broad SMARTS) is 1. The van der Waals surface area contributed by atoms with Crippen molar-refractivity contribution in [2.45, 2.75) is 19.9 Å². The molecule has 0 saturated carbocycles. The Morgan fingerprint density at radius 2 is 2.24 bits per heavy atom. The van der Waals surface area contributed by atoms with Crippen LogP contribution in [0.2, 0.25) is 0 Å². The summed E-state index contributed by atoms with van der Waals surface area (Å²) >= 11 is 1.54. The number of aliphatic carboxylic acids is 1. The van der Waals surface area contributed by atoms with Crippen LogP contribution >= 0.6 is 11.3 Å². The molecule has 0 bridgehead atoms. The number of anilines is 1. The highest BCUT2D eigenvalue weighted by Gasteiger charge is 2.20. The maximum atomic E-state index is 10.9. The number of nitrogens with one attached hydrogen (secondary N) is 1. The second-order valence-corrected chi connectivity index (χ2v) is 4.82. The van der Waals surface area contributed by atoms with Crippen LogP contribution in [0.3, 0.4) is 0 Å². The fraction of sp³-hybridized carbons (Fsp3) is 0.364. The van der Waals surface area contributed by atoms with Crippen molar-refractivity contribution >= 4 is 33.3 Å². The highest BCUT2D eigenvalue weighted by molar-refractivity contribution is 7.16. The average Bonchev–Trinajstić information content (AvgIpc) is 2.76. The number of thiophene rings is 1. The van der Waals surface area contributed by atoms with Crippen molar-refractivity contribution in [3.8, 4) is 0 Å². The van der Waals surface area contributed by atoms with Gasteiger partial charge >= 0.3 is 5.97 Å². The van der Waals surface area contributed by atoms with E-state index < -0.39 is 11.9 Å². The van der Waals surface area contributed by atoms with Crippen LogP contribution in [0.4, 0.5) is 5.82 Å². The molecule has 2 heterocycles. The molecule has 2 atom stereocenters. The fourth-order valence-corrected chi connectivity index (χ4v) is 2.19. The minimum absolute atomic E-state index is 0.189. The third-order valence-corrected chi connectivity index (χ3v) is 3.59. The summed E-state index contributed by atoms with van der Waals surface area (Å²) in [6, 6.07) is 1.74. The number of hydrogen-bond acceptors (Lipinski definition) is 5. The van der Waals surface area contributed by atoms with E-state index in [2.05, 4.69) is 15.3 Å². The Hall–Kier alpha value is -1.69. The molecule has 90 valence electrons. The maximum absolute atomic E-state index is 10.9. The molecule has 0 aliphatic carbocycles. The van der Waals surface area contributed by atoms with Crippen molar-refractivity contribution in [1.82, 2.24) is 9.97 Å². The van der Waals surface area contributed by atoms with E-state index in [1.807, 2.05) is 18.4 Å². The van der Waals surface area contributed by atoms with Crippen molar-refractivity contribution in [1.29, 1.82) is 0 Å². The zero-order valence-corrected chi connectivity index (χ0v) is 10.4. The first-order valence-corrected chi connectivity index (χ1v) is 6.15. The van der Waals surface area contributed by atoms with E-state index in [0.29, 0.717) is 5.82 Å². The van der Waals surface area contributed by atoms with Gasteiger partial charge in [-0.1, -0.05) is 0 Å². The van der Waals surface area contributed by atoms with Crippen molar-refractivity contribution in [2.75, 3.05) is 5.32 Å². The molecular weight excluding hydrogens is 238 g/mol.